The van der Waals surface area contributed by atoms with E-state index in [0.717, 1.165) is 17.0 Å². The van der Waals surface area contributed by atoms with E-state index < -0.39 is 17.6 Å². The lowest BCUT2D eigenvalue weighted by Crippen LogP contribution is -2.41. The molecule has 0 saturated carbocycles. The average molecular weight is 414 g/mol. The Morgan fingerprint density at radius 1 is 0.839 bits per heavy atom. The Morgan fingerprint density at radius 3 is 2.00 bits per heavy atom. The van der Waals surface area contributed by atoms with E-state index in [0.29, 0.717) is 5.69 Å². The van der Waals surface area contributed by atoms with Crippen molar-refractivity contribution < 1.29 is 19.2 Å². The summed E-state index contributed by atoms with van der Waals surface area (Å²) in [5.74, 6) is 0.0963. The second-order valence-corrected chi connectivity index (χ2v) is 7.92. The van der Waals surface area contributed by atoms with Gasteiger partial charge in [-0.3, -0.25) is 14.4 Å². The van der Waals surface area contributed by atoms with Gasteiger partial charge in [0, 0.05) is 0 Å². The molecule has 0 spiro atoms. The first-order valence-electron chi connectivity index (χ1n) is 10.1. The fourth-order valence-electron chi connectivity index (χ4n) is 4.53. The highest BCUT2D eigenvalue weighted by molar-refractivity contribution is 6.25. The largest absolute Gasteiger partial charge is 0.497 e. The molecule has 6 heteroatoms. The van der Waals surface area contributed by atoms with E-state index in [1.807, 2.05) is 79.7 Å². The molecule has 0 bridgehead atoms. The molecule has 31 heavy (non-hydrogen) atoms. The molecule has 2 fully saturated rings. The number of methoxy groups -OCH3 is 1. The molecule has 5 rings (SSSR count). The number of fused-ring (bicyclic) bond motifs is 1. The number of nitrogens with zero attached hydrogens (tertiary/aromatic N) is 2. The van der Waals surface area contributed by atoms with Crippen molar-refractivity contribution in [1.82, 2.24) is 0 Å². The molecule has 0 radical (unpaired) electrons. The van der Waals surface area contributed by atoms with Gasteiger partial charge >= 0.3 is 0 Å². The highest BCUT2D eigenvalue weighted by Gasteiger charge is 2.68. The molecule has 6 nitrogen and oxygen atoms in total. The van der Waals surface area contributed by atoms with Gasteiger partial charge in [-0.05, 0) is 48.9 Å². The normalized spacial score (nSPS) is 25.1. The summed E-state index contributed by atoms with van der Waals surface area (Å²) in [6, 6.07) is 25.6. The van der Waals surface area contributed by atoms with Gasteiger partial charge in [0.25, 0.3) is 5.91 Å². The number of ether oxygens (including phenoxy) is 1. The highest BCUT2D eigenvalue weighted by Crippen LogP contribution is 2.55. The van der Waals surface area contributed by atoms with Gasteiger partial charge in [0.05, 0.1) is 24.5 Å². The molecule has 2 saturated heterocycles. The van der Waals surface area contributed by atoms with Crippen molar-refractivity contribution in [3.63, 3.8) is 0 Å². The van der Waals surface area contributed by atoms with Crippen molar-refractivity contribution >= 4 is 23.2 Å². The zero-order valence-electron chi connectivity index (χ0n) is 17.3. The Labute approximate surface area is 180 Å². The minimum absolute atomic E-state index is 0.270. The van der Waals surface area contributed by atoms with E-state index in [2.05, 4.69) is 0 Å². The Balaban J connectivity index is 1.63. The lowest BCUT2D eigenvalue weighted by atomic mass is 9.76. The maximum Gasteiger partial charge on any atom is 0.266 e. The minimum Gasteiger partial charge on any atom is -0.497 e. The van der Waals surface area contributed by atoms with Crippen molar-refractivity contribution in [3.05, 3.63) is 90.5 Å². The number of anilines is 2. The Bertz CT molecular complexity index is 1120. The predicted molar refractivity (Wildman–Crippen MR) is 117 cm³/mol. The van der Waals surface area contributed by atoms with Gasteiger partial charge in [0.15, 0.2) is 6.10 Å². The van der Waals surface area contributed by atoms with Crippen molar-refractivity contribution in [2.75, 3.05) is 17.1 Å². The van der Waals surface area contributed by atoms with Crippen LogP contribution in [-0.2, 0) is 14.4 Å². The number of para-hydroxylation sites is 2. The van der Waals surface area contributed by atoms with E-state index in [9.17, 15) is 9.59 Å². The molecule has 0 unspecified atom stereocenters. The van der Waals surface area contributed by atoms with Gasteiger partial charge in [-0.2, -0.15) is 0 Å². The molecule has 2 aliphatic rings. The summed E-state index contributed by atoms with van der Waals surface area (Å²) in [6.07, 6.45) is -0.924. The number of benzene rings is 3. The molecule has 156 valence electrons. The quantitative estimate of drug-likeness (QED) is 0.601. The monoisotopic (exact) mass is 414 g/mol. The topological polar surface area (TPSA) is 59.1 Å². The first kappa shape index (κ1) is 19.3. The van der Waals surface area contributed by atoms with Crippen LogP contribution in [0.15, 0.2) is 84.9 Å². The van der Waals surface area contributed by atoms with E-state index in [4.69, 9.17) is 9.57 Å². The van der Waals surface area contributed by atoms with Gasteiger partial charge in [0.2, 0.25) is 5.91 Å². The molecule has 3 aromatic carbocycles. The smallest absolute Gasteiger partial charge is 0.266 e. The number of rotatable bonds is 4. The maximum absolute atomic E-state index is 13.8. The minimum atomic E-state index is -1.10. The first-order valence-corrected chi connectivity index (χ1v) is 10.1. The number of hydrogen-bond donors (Lipinski definition) is 0. The van der Waals surface area contributed by atoms with Crippen LogP contribution in [0, 0.1) is 5.41 Å². The molecule has 0 N–H and O–H groups in total. The van der Waals surface area contributed by atoms with Crippen LogP contribution < -0.4 is 14.7 Å². The van der Waals surface area contributed by atoms with Gasteiger partial charge in [-0.1, -0.05) is 48.5 Å². The summed E-state index contributed by atoms with van der Waals surface area (Å²) >= 11 is 0. The predicted octanol–water partition coefficient (Wildman–Crippen LogP) is 4.14. The first-order chi connectivity index (χ1) is 15.1. The highest BCUT2D eigenvalue weighted by atomic mass is 16.7. The van der Waals surface area contributed by atoms with Crippen LogP contribution in [0.3, 0.4) is 0 Å². The number of carbonyl (C=O) groups excluding carboxylic acids is 2. The fraction of sp³-hybridized carbons (Fsp3) is 0.200. The molecule has 3 atom stereocenters. The number of imide groups is 1. The Kier molecular flexibility index (Phi) is 4.52. The lowest BCUT2D eigenvalue weighted by Gasteiger charge is -2.32. The van der Waals surface area contributed by atoms with Crippen molar-refractivity contribution in [3.8, 4) is 5.75 Å². The second-order valence-electron chi connectivity index (χ2n) is 7.92. The van der Waals surface area contributed by atoms with Crippen LogP contribution >= 0.6 is 0 Å². The molecular weight excluding hydrogens is 392 g/mol. The molecule has 2 heterocycles. The summed E-state index contributed by atoms with van der Waals surface area (Å²) in [5.41, 5.74) is 1.10. The second kappa shape index (κ2) is 7.25. The molecule has 3 aromatic rings. The van der Waals surface area contributed by atoms with Gasteiger partial charge in [-0.15, -0.1) is 0 Å². The Hall–Kier alpha value is -3.64. The van der Waals surface area contributed by atoms with Crippen LogP contribution in [-0.4, -0.2) is 25.0 Å². The van der Waals surface area contributed by atoms with E-state index in [1.54, 1.807) is 24.3 Å². The van der Waals surface area contributed by atoms with Crippen LogP contribution in [0.4, 0.5) is 11.4 Å². The summed E-state index contributed by atoms with van der Waals surface area (Å²) in [4.78, 5) is 34.6. The third-order valence-corrected chi connectivity index (χ3v) is 6.13. The number of hydrogen-bond acceptors (Lipinski definition) is 5. The van der Waals surface area contributed by atoms with E-state index >= 15 is 0 Å². The van der Waals surface area contributed by atoms with Crippen LogP contribution in [0.1, 0.15) is 18.5 Å². The number of amides is 2. The zero-order chi connectivity index (χ0) is 21.6. The summed E-state index contributed by atoms with van der Waals surface area (Å²) in [6.45, 7) is 1.82. The molecule has 2 aliphatic heterocycles. The fourth-order valence-corrected chi connectivity index (χ4v) is 4.53. The van der Waals surface area contributed by atoms with Crippen molar-refractivity contribution in [1.29, 1.82) is 0 Å². The van der Waals surface area contributed by atoms with Gasteiger partial charge in [0.1, 0.15) is 11.2 Å². The summed E-state index contributed by atoms with van der Waals surface area (Å²) < 4.78 is 5.29. The average Bonchev–Trinajstić information content (AvgIpc) is 3.23. The summed E-state index contributed by atoms with van der Waals surface area (Å²) in [7, 11) is 1.61. The number of hydroxylamine groups is 1. The standard InChI is InChI=1S/C25H22N2O4/c1-25-21(17-13-15-20(30-2)16-14-17)27(19-11-7-4-8-12-19)31-22(25)23(28)26(24(25)29)18-9-5-3-6-10-18/h3-16,21-22H,1-2H3/t21-,22-,25+/m0/s1. The lowest BCUT2D eigenvalue weighted by molar-refractivity contribution is -0.128. The van der Waals surface area contributed by atoms with Crippen LogP contribution in [0.25, 0.3) is 0 Å². The van der Waals surface area contributed by atoms with Crippen LogP contribution in [0.5, 0.6) is 5.75 Å². The van der Waals surface area contributed by atoms with Crippen LogP contribution in [0.2, 0.25) is 0 Å². The SMILES string of the molecule is COc1ccc([C@@H]2N(c3ccccc3)O[C@H]3C(=O)N(c4ccccc4)C(=O)[C@]23C)cc1. The van der Waals surface area contributed by atoms with E-state index in [-0.39, 0.29) is 11.8 Å². The number of carbonyl (C=O) groups is 2. The molecule has 2 amide bonds. The van der Waals surface area contributed by atoms with E-state index in [1.165, 1.54) is 4.90 Å². The zero-order valence-corrected chi connectivity index (χ0v) is 17.3. The van der Waals surface area contributed by atoms with Gasteiger partial charge in [-0.25, -0.2) is 9.96 Å². The third kappa shape index (κ3) is 2.83. The van der Waals surface area contributed by atoms with Crippen molar-refractivity contribution in [2.45, 2.75) is 19.1 Å². The Morgan fingerprint density at radius 2 is 1.42 bits per heavy atom. The van der Waals surface area contributed by atoms with Crippen molar-refractivity contribution in [2.24, 2.45) is 5.41 Å². The summed E-state index contributed by atoms with van der Waals surface area (Å²) in [5, 5.41) is 1.70. The maximum atomic E-state index is 13.8. The molecular formula is C25H22N2O4. The molecule has 0 aliphatic carbocycles. The van der Waals surface area contributed by atoms with Gasteiger partial charge < -0.3 is 4.74 Å². The third-order valence-electron chi connectivity index (χ3n) is 6.13. The molecule has 0 aromatic heterocycles.